The van der Waals surface area contributed by atoms with Crippen LogP contribution in [0.25, 0.3) is 0 Å². The molecule has 15 heavy (non-hydrogen) atoms. The van der Waals surface area contributed by atoms with Gasteiger partial charge in [-0.1, -0.05) is 0 Å². The quantitative estimate of drug-likeness (QED) is 0.732. The van der Waals surface area contributed by atoms with E-state index < -0.39 is 6.10 Å². The third-order valence-electron chi connectivity index (χ3n) is 2.66. The molecule has 1 atom stereocenters. The number of benzene rings is 1. The van der Waals surface area contributed by atoms with Gasteiger partial charge in [0.05, 0.1) is 18.8 Å². The topological polar surface area (TPSA) is 66.8 Å². The van der Waals surface area contributed by atoms with Gasteiger partial charge in [-0.3, -0.25) is 4.79 Å². The lowest BCUT2D eigenvalue weighted by Crippen LogP contribution is -2.16. The normalized spacial score (nSPS) is 19.9. The number of aliphatic hydroxyl groups is 1. The average Bonchev–Trinajstić information content (AvgIpc) is 2.23. The maximum absolute atomic E-state index is 11.6. The van der Waals surface area contributed by atoms with E-state index >= 15 is 0 Å². The number of ether oxygens (including phenoxy) is 1. The highest BCUT2D eigenvalue weighted by Gasteiger charge is 2.29. The zero-order valence-corrected chi connectivity index (χ0v) is 8.36. The van der Waals surface area contributed by atoms with Crippen LogP contribution in [0.5, 0.6) is 11.5 Å². The number of rotatable bonds is 1. The van der Waals surface area contributed by atoms with Gasteiger partial charge in [0.2, 0.25) is 0 Å². The summed E-state index contributed by atoms with van der Waals surface area (Å²) >= 11 is 0. The van der Waals surface area contributed by atoms with Gasteiger partial charge in [-0.15, -0.1) is 0 Å². The van der Waals surface area contributed by atoms with E-state index in [1.807, 2.05) is 0 Å². The van der Waals surface area contributed by atoms with Crippen LogP contribution in [0.3, 0.4) is 0 Å². The van der Waals surface area contributed by atoms with Crippen molar-refractivity contribution in [3.8, 4) is 11.5 Å². The van der Waals surface area contributed by atoms with Crippen molar-refractivity contribution in [2.24, 2.45) is 0 Å². The molecule has 4 nitrogen and oxygen atoms in total. The molecule has 0 heterocycles. The minimum atomic E-state index is -0.736. The summed E-state index contributed by atoms with van der Waals surface area (Å²) < 4.78 is 5.06. The summed E-state index contributed by atoms with van der Waals surface area (Å²) in [5.74, 6) is 0.213. The van der Waals surface area contributed by atoms with E-state index in [4.69, 9.17) is 4.74 Å². The molecule has 0 saturated carbocycles. The van der Waals surface area contributed by atoms with Gasteiger partial charge in [-0.05, 0) is 18.6 Å². The predicted molar refractivity (Wildman–Crippen MR) is 53.2 cm³/mol. The molecule has 2 N–H and O–H groups in total. The van der Waals surface area contributed by atoms with Crippen molar-refractivity contribution in [2.75, 3.05) is 7.11 Å². The van der Waals surface area contributed by atoms with E-state index in [0.717, 1.165) is 0 Å². The predicted octanol–water partition coefficient (Wildman–Crippen LogP) is 1.41. The highest BCUT2D eigenvalue weighted by molar-refractivity contribution is 6.01. The molecule has 0 saturated heterocycles. The van der Waals surface area contributed by atoms with E-state index in [2.05, 4.69) is 0 Å². The maximum Gasteiger partial charge on any atom is 0.167 e. The van der Waals surface area contributed by atoms with Crippen LogP contribution in [-0.4, -0.2) is 23.1 Å². The zero-order valence-electron chi connectivity index (χ0n) is 8.36. The molecule has 0 amide bonds. The van der Waals surface area contributed by atoms with E-state index in [-0.39, 0.29) is 23.5 Å². The van der Waals surface area contributed by atoms with Gasteiger partial charge in [0, 0.05) is 12.0 Å². The number of phenols is 1. The second kappa shape index (κ2) is 3.55. The first-order valence-corrected chi connectivity index (χ1v) is 4.76. The zero-order chi connectivity index (χ0) is 11.0. The minimum Gasteiger partial charge on any atom is -0.507 e. The molecule has 80 valence electrons. The van der Waals surface area contributed by atoms with Gasteiger partial charge in [0.25, 0.3) is 0 Å². The van der Waals surface area contributed by atoms with Crippen molar-refractivity contribution in [3.05, 3.63) is 23.3 Å². The lowest BCUT2D eigenvalue weighted by molar-refractivity contribution is 0.0887. The fourth-order valence-corrected chi connectivity index (χ4v) is 1.93. The van der Waals surface area contributed by atoms with E-state index in [1.54, 1.807) is 6.07 Å². The molecule has 0 aromatic heterocycles. The summed E-state index contributed by atoms with van der Waals surface area (Å²) in [6, 6.07) is 2.96. The number of methoxy groups -OCH3 is 1. The first-order valence-electron chi connectivity index (χ1n) is 4.76. The van der Waals surface area contributed by atoms with E-state index in [0.29, 0.717) is 17.7 Å². The van der Waals surface area contributed by atoms with Crippen molar-refractivity contribution >= 4 is 5.78 Å². The molecule has 0 aliphatic heterocycles. The third-order valence-corrected chi connectivity index (χ3v) is 2.66. The lowest BCUT2D eigenvalue weighted by Gasteiger charge is -2.23. The highest BCUT2D eigenvalue weighted by Crippen LogP contribution is 2.40. The Morgan fingerprint density at radius 3 is 2.87 bits per heavy atom. The maximum atomic E-state index is 11.6. The molecule has 0 bridgehead atoms. The SMILES string of the molecule is COc1ccc(O)c2c1C(O)CCC2=O. The van der Waals surface area contributed by atoms with Gasteiger partial charge in [-0.2, -0.15) is 0 Å². The number of aromatic hydroxyl groups is 1. The number of ketones is 1. The van der Waals surface area contributed by atoms with Crippen LogP contribution in [0.4, 0.5) is 0 Å². The molecular formula is C11H12O4. The fourth-order valence-electron chi connectivity index (χ4n) is 1.93. The second-order valence-electron chi connectivity index (χ2n) is 3.55. The molecular weight excluding hydrogens is 196 g/mol. The van der Waals surface area contributed by atoms with Crippen molar-refractivity contribution < 1.29 is 19.7 Å². The van der Waals surface area contributed by atoms with Crippen LogP contribution in [-0.2, 0) is 0 Å². The number of fused-ring (bicyclic) bond motifs is 1. The molecule has 1 unspecified atom stereocenters. The van der Waals surface area contributed by atoms with Crippen molar-refractivity contribution in [2.45, 2.75) is 18.9 Å². The summed E-state index contributed by atoms with van der Waals surface area (Å²) in [6.07, 6.45) is -0.0969. The molecule has 0 spiro atoms. The summed E-state index contributed by atoms with van der Waals surface area (Å²) in [7, 11) is 1.47. The summed E-state index contributed by atoms with van der Waals surface area (Å²) in [6.45, 7) is 0. The van der Waals surface area contributed by atoms with Gasteiger partial charge in [0.15, 0.2) is 5.78 Å². The summed E-state index contributed by atoms with van der Waals surface area (Å²) in [4.78, 5) is 11.6. The van der Waals surface area contributed by atoms with Crippen molar-refractivity contribution in [3.63, 3.8) is 0 Å². The van der Waals surface area contributed by atoms with Crippen LogP contribution in [0.1, 0.15) is 34.9 Å². The molecule has 0 fully saturated rings. The Bertz CT molecular complexity index is 411. The molecule has 0 radical (unpaired) electrons. The lowest BCUT2D eigenvalue weighted by atomic mass is 9.87. The summed E-state index contributed by atoms with van der Waals surface area (Å²) in [5, 5.41) is 19.3. The standard InChI is InChI=1S/C11H12O4/c1-15-9-5-4-7(13)10-6(12)2-3-8(14)11(9)10/h4-5,8,13-14H,2-3H2,1H3. The van der Waals surface area contributed by atoms with Gasteiger partial charge >= 0.3 is 0 Å². The highest BCUT2D eigenvalue weighted by atomic mass is 16.5. The number of phenolic OH excluding ortho intramolecular Hbond substituents is 1. The Morgan fingerprint density at radius 1 is 1.47 bits per heavy atom. The Hall–Kier alpha value is -1.55. The van der Waals surface area contributed by atoms with Crippen LogP contribution in [0.2, 0.25) is 0 Å². The number of hydrogen-bond donors (Lipinski definition) is 2. The molecule has 1 aromatic carbocycles. The fraction of sp³-hybridized carbons (Fsp3) is 0.364. The Kier molecular flexibility index (Phi) is 2.36. The number of carbonyl (C=O) groups is 1. The molecule has 1 aromatic rings. The van der Waals surface area contributed by atoms with Crippen LogP contribution >= 0.6 is 0 Å². The second-order valence-corrected chi connectivity index (χ2v) is 3.55. The van der Waals surface area contributed by atoms with Crippen LogP contribution in [0, 0.1) is 0 Å². The monoisotopic (exact) mass is 208 g/mol. The number of hydrogen-bond acceptors (Lipinski definition) is 4. The van der Waals surface area contributed by atoms with Crippen LogP contribution < -0.4 is 4.74 Å². The Labute approximate surface area is 87.1 Å². The first-order chi connectivity index (χ1) is 7.15. The molecule has 1 aliphatic rings. The third kappa shape index (κ3) is 1.47. The molecule has 2 rings (SSSR count). The first kappa shape index (κ1) is 9.98. The largest absolute Gasteiger partial charge is 0.507 e. The van der Waals surface area contributed by atoms with E-state index in [9.17, 15) is 15.0 Å². The average molecular weight is 208 g/mol. The van der Waals surface area contributed by atoms with Crippen molar-refractivity contribution in [1.29, 1.82) is 0 Å². The van der Waals surface area contributed by atoms with Gasteiger partial charge < -0.3 is 14.9 Å². The number of aliphatic hydroxyl groups excluding tert-OH is 1. The number of carbonyl (C=O) groups excluding carboxylic acids is 1. The summed E-state index contributed by atoms with van der Waals surface area (Å²) in [5.41, 5.74) is 0.613. The molecule has 4 heteroatoms. The van der Waals surface area contributed by atoms with E-state index in [1.165, 1.54) is 13.2 Å². The van der Waals surface area contributed by atoms with Gasteiger partial charge in [0.1, 0.15) is 11.5 Å². The van der Waals surface area contributed by atoms with Crippen LogP contribution in [0.15, 0.2) is 12.1 Å². The van der Waals surface area contributed by atoms with Crippen molar-refractivity contribution in [1.82, 2.24) is 0 Å². The Balaban J connectivity index is 2.68. The van der Waals surface area contributed by atoms with Gasteiger partial charge in [-0.25, -0.2) is 0 Å². The smallest absolute Gasteiger partial charge is 0.167 e. The molecule has 1 aliphatic carbocycles. The Morgan fingerprint density at radius 2 is 2.20 bits per heavy atom. The minimum absolute atomic E-state index is 0.0884. The number of Topliss-reactive ketones (excluding diaryl/α,β-unsaturated/α-hetero) is 1.